The second kappa shape index (κ2) is 4.14. The molecule has 2 N–H and O–H groups in total. The van der Waals surface area contributed by atoms with Crippen LogP contribution in [-0.2, 0) is 4.79 Å². The molecule has 0 aliphatic carbocycles. The number of hydrogen-bond acceptors (Lipinski definition) is 3. The Hall–Kier alpha value is -1.22. The summed E-state index contributed by atoms with van der Waals surface area (Å²) < 4.78 is 4.93. The summed E-state index contributed by atoms with van der Waals surface area (Å²) in [7, 11) is 0. The van der Waals surface area contributed by atoms with Crippen molar-refractivity contribution in [1.82, 2.24) is 0 Å². The molecule has 0 bridgehead atoms. The van der Waals surface area contributed by atoms with Gasteiger partial charge in [0.25, 0.3) is 0 Å². The van der Waals surface area contributed by atoms with E-state index >= 15 is 0 Å². The molecule has 0 fully saturated rings. The van der Waals surface area contributed by atoms with Gasteiger partial charge in [-0.3, -0.25) is 4.79 Å². The van der Waals surface area contributed by atoms with Crippen molar-refractivity contribution in [2.24, 2.45) is 0 Å². The summed E-state index contributed by atoms with van der Waals surface area (Å²) in [5.41, 5.74) is 5.87. The number of nitrogen functional groups attached to an aromatic ring is 1. The molecule has 0 saturated heterocycles. The van der Waals surface area contributed by atoms with Gasteiger partial charge in [0.1, 0.15) is 0 Å². The first kappa shape index (κ1) is 9.86. The number of ether oxygens (including phenoxy) is 1. The third kappa shape index (κ3) is 2.36. The Bertz CT molecular complexity index is 325. The van der Waals surface area contributed by atoms with Crippen LogP contribution < -0.4 is 10.5 Å². The molecule has 0 radical (unpaired) electrons. The molecule has 0 aliphatic rings. The molecular weight excluding hydrogens is 190 g/mol. The molecule has 0 saturated carbocycles. The average molecular weight is 200 g/mol. The molecule has 1 rings (SSSR count). The number of esters is 1. The SMILES string of the molecule is CCC(=O)Oc1cccc(Cl)c1N. The third-order valence-electron chi connectivity index (χ3n) is 1.53. The van der Waals surface area contributed by atoms with E-state index < -0.39 is 0 Å². The van der Waals surface area contributed by atoms with E-state index in [1.807, 2.05) is 0 Å². The maximum atomic E-state index is 10.9. The molecule has 0 atom stereocenters. The van der Waals surface area contributed by atoms with Crippen LogP contribution in [0.2, 0.25) is 5.02 Å². The molecule has 0 aliphatic heterocycles. The number of hydrogen-bond donors (Lipinski definition) is 1. The highest BCUT2D eigenvalue weighted by Crippen LogP contribution is 2.28. The van der Waals surface area contributed by atoms with Crippen LogP contribution in [0.4, 0.5) is 5.69 Å². The minimum Gasteiger partial charge on any atom is -0.424 e. The van der Waals surface area contributed by atoms with Crippen LogP contribution >= 0.6 is 11.6 Å². The van der Waals surface area contributed by atoms with Crippen LogP contribution in [0.5, 0.6) is 5.75 Å². The van der Waals surface area contributed by atoms with Crippen LogP contribution in [0.3, 0.4) is 0 Å². The second-order valence-corrected chi connectivity index (χ2v) is 2.89. The van der Waals surface area contributed by atoms with Crippen molar-refractivity contribution in [2.75, 3.05) is 5.73 Å². The van der Waals surface area contributed by atoms with E-state index in [0.29, 0.717) is 22.9 Å². The lowest BCUT2D eigenvalue weighted by Crippen LogP contribution is -2.07. The Labute approximate surface area is 81.4 Å². The first-order valence-electron chi connectivity index (χ1n) is 3.89. The van der Waals surface area contributed by atoms with Crippen molar-refractivity contribution >= 4 is 23.3 Å². The summed E-state index contributed by atoms with van der Waals surface area (Å²) in [6, 6.07) is 4.92. The summed E-state index contributed by atoms with van der Waals surface area (Å²) in [6.07, 6.45) is 0.311. The van der Waals surface area contributed by atoms with Gasteiger partial charge in [0, 0.05) is 6.42 Å². The van der Waals surface area contributed by atoms with Crippen LogP contribution in [-0.4, -0.2) is 5.97 Å². The van der Waals surface area contributed by atoms with Crippen molar-refractivity contribution in [3.05, 3.63) is 23.2 Å². The van der Waals surface area contributed by atoms with Gasteiger partial charge in [0.15, 0.2) is 5.75 Å². The van der Waals surface area contributed by atoms with Crippen LogP contribution in [0.15, 0.2) is 18.2 Å². The first-order chi connectivity index (χ1) is 6.15. The van der Waals surface area contributed by atoms with Gasteiger partial charge >= 0.3 is 5.97 Å². The Morgan fingerprint density at radius 1 is 1.62 bits per heavy atom. The predicted molar refractivity (Wildman–Crippen MR) is 51.8 cm³/mol. The molecule has 1 aromatic rings. The van der Waals surface area contributed by atoms with Gasteiger partial charge in [-0.25, -0.2) is 0 Å². The van der Waals surface area contributed by atoms with E-state index in [9.17, 15) is 4.79 Å². The maximum absolute atomic E-state index is 10.9. The van der Waals surface area contributed by atoms with Crippen LogP contribution in [0, 0.1) is 0 Å². The molecular formula is C9H10ClNO2. The van der Waals surface area contributed by atoms with Gasteiger partial charge in [-0.2, -0.15) is 0 Å². The number of nitrogens with two attached hydrogens (primary N) is 1. The number of anilines is 1. The van der Waals surface area contributed by atoms with Crippen molar-refractivity contribution < 1.29 is 9.53 Å². The molecule has 70 valence electrons. The van der Waals surface area contributed by atoms with Gasteiger partial charge in [0.2, 0.25) is 0 Å². The maximum Gasteiger partial charge on any atom is 0.310 e. The van der Waals surface area contributed by atoms with Crippen LogP contribution in [0.1, 0.15) is 13.3 Å². The second-order valence-electron chi connectivity index (χ2n) is 2.48. The molecule has 0 amide bonds. The van der Waals surface area contributed by atoms with Crippen molar-refractivity contribution in [3.8, 4) is 5.75 Å². The Balaban J connectivity index is 2.89. The highest BCUT2D eigenvalue weighted by Gasteiger charge is 2.07. The van der Waals surface area contributed by atoms with E-state index in [4.69, 9.17) is 22.1 Å². The number of halogens is 1. The number of carbonyl (C=O) groups excluding carboxylic acids is 1. The lowest BCUT2D eigenvalue weighted by atomic mass is 10.3. The lowest BCUT2D eigenvalue weighted by Gasteiger charge is -2.06. The zero-order valence-electron chi connectivity index (χ0n) is 7.21. The van der Waals surface area contributed by atoms with Gasteiger partial charge in [0.05, 0.1) is 10.7 Å². The molecule has 3 nitrogen and oxygen atoms in total. The molecule has 0 aromatic heterocycles. The number of carbonyl (C=O) groups is 1. The minimum absolute atomic E-state index is 0.297. The molecule has 0 spiro atoms. The highest BCUT2D eigenvalue weighted by atomic mass is 35.5. The quantitative estimate of drug-likeness (QED) is 0.452. The Morgan fingerprint density at radius 3 is 2.92 bits per heavy atom. The summed E-state index contributed by atoms with van der Waals surface area (Å²) in [5.74, 6) is -0.00619. The van der Waals surface area contributed by atoms with Crippen LogP contribution in [0.25, 0.3) is 0 Å². The first-order valence-corrected chi connectivity index (χ1v) is 4.27. The van der Waals surface area contributed by atoms with Crippen molar-refractivity contribution in [3.63, 3.8) is 0 Å². The van der Waals surface area contributed by atoms with Crippen molar-refractivity contribution in [1.29, 1.82) is 0 Å². The standard InChI is InChI=1S/C9H10ClNO2/c1-2-8(12)13-7-5-3-4-6(10)9(7)11/h3-5H,2,11H2,1H3. The van der Waals surface area contributed by atoms with Gasteiger partial charge in [-0.05, 0) is 12.1 Å². The Morgan fingerprint density at radius 2 is 2.31 bits per heavy atom. The topological polar surface area (TPSA) is 52.3 Å². The number of para-hydroxylation sites is 1. The van der Waals surface area contributed by atoms with E-state index in [-0.39, 0.29) is 5.97 Å². The van der Waals surface area contributed by atoms with E-state index in [0.717, 1.165) is 0 Å². The largest absolute Gasteiger partial charge is 0.424 e. The predicted octanol–water partition coefficient (Wildman–Crippen LogP) is 2.24. The molecule has 1 aromatic carbocycles. The summed E-state index contributed by atoms with van der Waals surface area (Å²) in [4.78, 5) is 10.9. The van der Waals surface area contributed by atoms with E-state index in [1.165, 1.54) is 0 Å². The normalized spacial score (nSPS) is 9.69. The van der Waals surface area contributed by atoms with Crippen molar-refractivity contribution in [2.45, 2.75) is 13.3 Å². The Kier molecular flexibility index (Phi) is 3.14. The third-order valence-corrected chi connectivity index (χ3v) is 1.85. The minimum atomic E-state index is -0.325. The fourth-order valence-electron chi connectivity index (χ4n) is 0.801. The number of rotatable bonds is 2. The van der Waals surface area contributed by atoms with Gasteiger partial charge in [-0.15, -0.1) is 0 Å². The van der Waals surface area contributed by atoms with E-state index in [2.05, 4.69) is 0 Å². The van der Waals surface area contributed by atoms with E-state index in [1.54, 1.807) is 25.1 Å². The summed E-state index contributed by atoms with van der Waals surface area (Å²) >= 11 is 5.72. The zero-order chi connectivity index (χ0) is 9.84. The smallest absolute Gasteiger partial charge is 0.310 e. The monoisotopic (exact) mass is 199 g/mol. The lowest BCUT2D eigenvalue weighted by molar-refractivity contribution is -0.133. The molecule has 0 heterocycles. The van der Waals surface area contributed by atoms with Gasteiger partial charge < -0.3 is 10.5 Å². The fourth-order valence-corrected chi connectivity index (χ4v) is 0.967. The molecule has 0 unspecified atom stereocenters. The zero-order valence-corrected chi connectivity index (χ0v) is 7.97. The average Bonchev–Trinajstić information content (AvgIpc) is 2.13. The highest BCUT2D eigenvalue weighted by molar-refractivity contribution is 6.33. The fraction of sp³-hybridized carbons (Fsp3) is 0.222. The summed E-state index contributed by atoms with van der Waals surface area (Å²) in [6.45, 7) is 1.71. The molecule has 4 heteroatoms. The molecule has 13 heavy (non-hydrogen) atoms. The number of benzene rings is 1. The summed E-state index contributed by atoms with van der Waals surface area (Å²) in [5, 5.41) is 0.390. The van der Waals surface area contributed by atoms with Gasteiger partial charge in [-0.1, -0.05) is 24.6 Å².